The van der Waals surface area contributed by atoms with Gasteiger partial charge >= 0.3 is 0 Å². The summed E-state index contributed by atoms with van der Waals surface area (Å²) in [6.45, 7) is 4.75. The average Bonchev–Trinajstić information content (AvgIpc) is 3.67. The third-order valence-electron chi connectivity index (χ3n) is 6.32. The van der Waals surface area contributed by atoms with Crippen LogP contribution in [-0.2, 0) is 6.54 Å². The smallest absolute Gasteiger partial charge is 0.247 e. The lowest BCUT2D eigenvalue weighted by Gasteiger charge is -2.15. The topological polar surface area (TPSA) is 85.4 Å². The summed E-state index contributed by atoms with van der Waals surface area (Å²) in [6, 6.07) is 20.0. The predicted octanol–water partition coefficient (Wildman–Crippen LogP) is 4.25. The Morgan fingerprint density at radius 2 is 1.78 bits per heavy atom. The summed E-state index contributed by atoms with van der Waals surface area (Å²) in [7, 11) is 0. The van der Waals surface area contributed by atoms with Crippen LogP contribution in [0.2, 0.25) is 0 Å². The van der Waals surface area contributed by atoms with Crippen LogP contribution in [0.1, 0.15) is 18.4 Å². The Kier molecular flexibility index (Phi) is 6.28. The number of nitrogens with one attached hydrogen (secondary N) is 1. The van der Waals surface area contributed by atoms with Crippen LogP contribution in [0.4, 0.5) is 11.6 Å². The van der Waals surface area contributed by atoms with Crippen LogP contribution < -0.4 is 10.1 Å². The molecule has 0 bridgehead atoms. The second-order valence-electron chi connectivity index (χ2n) is 8.93. The van der Waals surface area contributed by atoms with Gasteiger partial charge in [0.2, 0.25) is 5.95 Å². The molecule has 36 heavy (non-hydrogen) atoms. The first-order valence-electron chi connectivity index (χ1n) is 12.3. The van der Waals surface area contributed by atoms with Gasteiger partial charge in [0.05, 0.1) is 18.3 Å². The minimum absolute atomic E-state index is 0.503. The largest absolute Gasteiger partial charge is 0.492 e. The highest BCUT2D eigenvalue weighted by molar-refractivity contribution is 5.60. The fraction of sp³-hybridized carbons (Fsp3) is 0.259. The SMILES string of the molecule is c1ccc(Cn2cc(-c3nccc4nc(Nc5ccc(OCCN6CCCC6)cc5)nn34)cn2)cc1. The van der Waals surface area contributed by atoms with Gasteiger partial charge in [0, 0.05) is 30.7 Å². The lowest BCUT2D eigenvalue weighted by molar-refractivity contribution is 0.238. The number of fused-ring (bicyclic) bond motifs is 1. The average molecular weight is 481 g/mol. The maximum atomic E-state index is 5.90. The number of ether oxygens (including phenoxy) is 1. The molecule has 0 radical (unpaired) electrons. The van der Waals surface area contributed by atoms with E-state index in [4.69, 9.17) is 4.74 Å². The van der Waals surface area contributed by atoms with Gasteiger partial charge in [0.1, 0.15) is 12.4 Å². The highest BCUT2D eigenvalue weighted by Gasteiger charge is 2.13. The highest BCUT2D eigenvalue weighted by atomic mass is 16.5. The molecular weight excluding hydrogens is 452 g/mol. The van der Waals surface area contributed by atoms with Crippen LogP contribution in [0.25, 0.3) is 17.0 Å². The van der Waals surface area contributed by atoms with E-state index in [-0.39, 0.29) is 0 Å². The molecule has 1 aliphatic heterocycles. The van der Waals surface area contributed by atoms with Crippen molar-refractivity contribution in [2.45, 2.75) is 19.4 Å². The molecule has 3 aromatic heterocycles. The summed E-state index contributed by atoms with van der Waals surface area (Å²) in [5, 5.41) is 12.4. The standard InChI is InChI=1S/C27H28N8O/c1-2-6-21(7-3-1)19-34-20-22(18-29-34)26-28-13-12-25-31-27(32-35(25)26)30-23-8-10-24(11-9-23)36-17-16-33-14-4-5-15-33/h1-3,6-13,18,20H,4-5,14-17,19H2,(H,30,32). The lowest BCUT2D eigenvalue weighted by atomic mass is 10.2. The van der Waals surface area contributed by atoms with Crippen molar-refractivity contribution in [3.05, 3.63) is 84.8 Å². The van der Waals surface area contributed by atoms with Crippen molar-refractivity contribution >= 4 is 17.3 Å². The van der Waals surface area contributed by atoms with Crippen LogP contribution in [-0.4, -0.2) is 60.5 Å². The molecule has 9 nitrogen and oxygen atoms in total. The second kappa shape index (κ2) is 10.2. The summed E-state index contributed by atoms with van der Waals surface area (Å²) in [4.78, 5) is 11.6. The van der Waals surface area contributed by atoms with Crippen molar-refractivity contribution in [1.82, 2.24) is 34.3 Å². The maximum absolute atomic E-state index is 5.90. The summed E-state index contributed by atoms with van der Waals surface area (Å²) in [5.41, 5.74) is 3.67. The summed E-state index contributed by atoms with van der Waals surface area (Å²) < 4.78 is 9.54. The maximum Gasteiger partial charge on any atom is 0.247 e. The monoisotopic (exact) mass is 480 g/mol. The molecule has 0 saturated carbocycles. The molecule has 1 aliphatic rings. The molecule has 6 rings (SSSR count). The molecule has 0 atom stereocenters. The van der Waals surface area contributed by atoms with E-state index < -0.39 is 0 Å². The summed E-state index contributed by atoms with van der Waals surface area (Å²) >= 11 is 0. The number of benzene rings is 2. The quantitative estimate of drug-likeness (QED) is 0.337. The van der Waals surface area contributed by atoms with E-state index in [1.54, 1.807) is 10.7 Å². The van der Waals surface area contributed by atoms with E-state index >= 15 is 0 Å². The van der Waals surface area contributed by atoms with Gasteiger partial charge in [-0.3, -0.25) is 9.58 Å². The number of likely N-dealkylation sites (tertiary alicyclic amines) is 1. The number of nitrogens with zero attached hydrogens (tertiary/aromatic N) is 7. The summed E-state index contributed by atoms with van der Waals surface area (Å²) in [5.74, 6) is 2.06. The molecular formula is C27H28N8O. The molecule has 5 aromatic rings. The van der Waals surface area contributed by atoms with Gasteiger partial charge in [-0.1, -0.05) is 30.3 Å². The van der Waals surface area contributed by atoms with Crippen molar-refractivity contribution in [2.75, 3.05) is 31.6 Å². The van der Waals surface area contributed by atoms with Gasteiger partial charge in [-0.25, -0.2) is 4.98 Å². The van der Waals surface area contributed by atoms with E-state index in [1.807, 2.05) is 65.6 Å². The normalized spacial score (nSPS) is 13.9. The Hall–Kier alpha value is -4.24. The zero-order chi connectivity index (χ0) is 24.2. The first-order valence-corrected chi connectivity index (χ1v) is 12.3. The van der Waals surface area contributed by atoms with Crippen LogP contribution >= 0.6 is 0 Å². The number of hydrogen-bond acceptors (Lipinski definition) is 7. The van der Waals surface area contributed by atoms with E-state index in [9.17, 15) is 0 Å². The van der Waals surface area contributed by atoms with E-state index in [2.05, 4.69) is 42.5 Å². The van der Waals surface area contributed by atoms with Gasteiger partial charge in [0.15, 0.2) is 11.5 Å². The van der Waals surface area contributed by atoms with Gasteiger partial charge < -0.3 is 10.1 Å². The molecule has 0 spiro atoms. The van der Waals surface area contributed by atoms with Crippen LogP contribution in [0.3, 0.4) is 0 Å². The number of hydrogen-bond donors (Lipinski definition) is 1. The molecule has 1 saturated heterocycles. The first kappa shape index (κ1) is 22.2. The van der Waals surface area contributed by atoms with Gasteiger partial charge in [-0.05, 0) is 55.8 Å². The van der Waals surface area contributed by atoms with Gasteiger partial charge in [0.25, 0.3) is 0 Å². The van der Waals surface area contributed by atoms with Crippen molar-refractivity contribution in [2.24, 2.45) is 0 Å². The molecule has 1 N–H and O–H groups in total. The molecule has 0 amide bonds. The van der Waals surface area contributed by atoms with Gasteiger partial charge in [-0.15, -0.1) is 5.10 Å². The van der Waals surface area contributed by atoms with Crippen LogP contribution in [0.15, 0.2) is 79.3 Å². The third-order valence-corrected chi connectivity index (χ3v) is 6.32. The molecule has 1 fully saturated rings. The van der Waals surface area contributed by atoms with Crippen LogP contribution in [0, 0.1) is 0 Å². The Balaban J connectivity index is 1.13. The second-order valence-corrected chi connectivity index (χ2v) is 8.93. The zero-order valence-corrected chi connectivity index (χ0v) is 20.0. The number of aromatic nitrogens is 6. The van der Waals surface area contributed by atoms with Crippen molar-refractivity contribution < 1.29 is 4.74 Å². The lowest BCUT2D eigenvalue weighted by Crippen LogP contribution is -2.25. The van der Waals surface area contributed by atoms with E-state index in [1.165, 1.54) is 31.5 Å². The van der Waals surface area contributed by atoms with Crippen molar-refractivity contribution in [3.63, 3.8) is 0 Å². The fourth-order valence-corrected chi connectivity index (χ4v) is 4.47. The third kappa shape index (κ3) is 5.06. The first-order chi connectivity index (χ1) is 17.8. The highest BCUT2D eigenvalue weighted by Crippen LogP contribution is 2.22. The molecule has 0 unspecified atom stereocenters. The minimum atomic E-state index is 0.503. The Labute approximate surface area is 209 Å². The van der Waals surface area contributed by atoms with Crippen molar-refractivity contribution in [3.8, 4) is 17.1 Å². The Morgan fingerprint density at radius 1 is 0.944 bits per heavy atom. The predicted molar refractivity (Wildman–Crippen MR) is 138 cm³/mol. The molecule has 2 aromatic carbocycles. The Morgan fingerprint density at radius 3 is 2.61 bits per heavy atom. The fourth-order valence-electron chi connectivity index (χ4n) is 4.47. The Bertz CT molecular complexity index is 1420. The van der Waals surface area contributed by atoms with E-state index in [0.29, 0.717) is 30.6 Å². The van der Waals surface area contributed by atoms with Gasteiger partial charge in [-0.2, -0.15) is 14.6 Å². The minimum Gasteiger partial charge on any atom is -0.492 e. The number of anilines is 2. The molecule has 9 heteroatoms. The van der Waals surface area contributed by atoms with Crippen molar-refractivity contribution in [1.29, 1.82) is 0 Å². The molecule has 182 valence electrons. The number of rotatable bonds is 9. The van der Waals surface area contributed by atoms with E-state index in [0.717, 1.165) is 23.5 Å². The van der Waals surface area contributed by atoms with Crippen LogP contribution in [0.5, 0.6) is 5.75 Å². The molecule has 4 heterocycles. The molecule has 0 aliphatic carbocycles. The summed E-state index contributed by atoms with van der Waals surface area (Å²) in [6.07, 6.45) is 8.12. The zero-order valence-electron chi connectivity index (χ0n) is 20.0.